The normalized spacial score (nSPS) is 18.1. The van der Waals surface area contributed by atoms with Gasteiger partial charge in [0.2, 0.25) is 5.91 Å². The Labute approximate surface area is 165 Å². The number of anilines is 2. The molecule has 5 heteroatoms. The number of hydrogen-bond acceptors (Lipinski definition) is 3. The van der Waals surface area contributed by atoms with E-state index < -0.39 is 0 Å². The van der Waals surface area contributed by atoms with E-state index in [1.165, 1.54) is 5.56 Å². The summed E-state index contributed by atoms with van der Waals surface area (Å²) in [5.41, 5.74) is 4.04. The van der Waals surface area contributed by atoms with Gasteiger partial charge >= 0.3 is 0 Å². The van der Waals surface area contributed by atoms with Gasteiger partial charge in [-0.25, -0.2) is 0 Å². The summed E-state index contributed by atoms with van der Waals surface area (Å²) in [6, 6.07) is 16.1. The SMILES string of the molecule is O=C(CCCc1ccccc1)Nc1ccc2c(c1)N(C(=O)C1CCCO1)CC2. The van der Waals surface area contributed by atoms with E-state index >= 15 is 0 Å². The molecule has 28 heavy (non-hydrogen) atoms. The lowest BCUT2D eigenvalue weighted by atomic mass is 10.1. The molecule has 0 saturated carbocycles. The molecule has 0 bridgehead atoms. The first-order valence-electron chi connectivity index (χ1n) is 10.1. The Morgan fingerprint density at radius 2 is 2.00 bits per heavy atom. The third kappa shape index (κ3) is 4.25. The van der Waals surface area contributed by atoms with Crippen molar-refractivity contribution in [2.24, 2.45) is 0 Å². The van der Waals surface area contributed by atoms with E-state index in [1.54, 1.807) is 0 Å². The maximum absolute atomic E-state index is 12.7. The lowest BCUT2D eigenvalue weighted by molar-refractivity contribution is -0.127. The number of nitrogens with one attached hydrogen (secondary N) is 1. The minimum Gasteiger partial charge on any atom is -0.368 e. The van der Waals surface area contributed by atoms with Crippen LogP contribution < -0.4 is 10.2 Å². The van der Waals surface area contributed by atoms with Crippen molar-refractivity contribution in [1.82, 2.24) is 0 Å². The minimum atomic E-state index is -0.317. The summed E-state index contributed by atoms with van der Waals surface area (Å²) in [6.45, 7) is 1.35. The molecule has 1 saturated heterocycles. The monoisotopic (exact) mass is 378 g/mol. The van der Waals surface area contributed by atoms with Crippen LogP contribution in [0.3, 0.4) is 0 Å². The fourth-order valence-corrected chi connectivity index (χ4v) is 3.95. The smallest absolute Gasteiger partial charge is 0.256 e. The largest absolute Gasteiger partial charge is 0.368 e. The summed E-state index contributed by atoms with van der Waals surface area (Å²) in [5, 5.41) is 2.98. The number of amides is 2. The topological polar surface area (TPSA) is 58.6 Å². The summed E-state index contributed by atoms with van der Waals surface area (Å²) in [5.74, 6) is 0.0495. The summed E-state index contributed by atoms with van der Waals surface area (Å²) < 4.78 is 5.56. The standard InChI is InChI=1S/C23H26N2O3/c26-22(10-4-8-17-6-2-1-3-7-17)24-19-12-11-18-13-14-25(20(18)16-19)23(27)21-9-5-15-28-21/h1-3,6-7,11-12,16,21H,4-5,8-10,13-15H2,(H,24,26). The van der Waals surface area contributed by atoms with Gasteiger partial charge in [-0.2, -0.15) is 0 Å². The lowest BCUT2D eigenvalue weighted by Crippen LogP contribution is -2.37. The zero-order valence-electron chi connectivity index (χ0n) is 16.0. The van der Waals surface area contributed by atoms with Crippen LogP contribution in [0.4, 0.5) is 11.4 Å². The van der Waals surface area contributed by atoms with Crippen LogP contribution >= 0.6 is 0 Å². The van der Waals surface area contributed by atoms with E-state index in [-0.39, 0.29) is 17.9 Å². The van der Waals surface area contributed by atoms with Crippen LogP contribution in [-0.2, 0) is 27.2 Å². The Morgan fingerprint density at radius 1 is 1.14 bits per heavy atom. The number of aryl methyl sites for hydroxylation is 1. The van der Waals surface area contributed by atoms with Crippen molar-refractivity contribution >= 4 is 23.2 Å². The van der Waals surface area contributed by atoms with Crippen molar-refractivity contribution in [3.63, 3.8) is 0 Å². The van der Waals surface area contributed by atoms with Gasteiger partial charge < -0.3 is 15.0 Å². The number of nitrogens with zero attached hydrogens (tertiary/aromatic N) is 1. The molecule has 2 aliphatic rings. The van der Waals surface area contributed by atoms with E-state index in [4.69, 9.17) is 4.74 Å². The Kier molecular flexibility index (Phi) is 5.72. The van der Waals surface area contributed by atoms with Crippen molar-refractivity contribution in [2.75, 3.05) is 23.4 Å². The van der Waals surface area contributed by atoms with E-state index in [0.717, 1.165) is 49.0 Å². The van der Waals surface area contributed by atoms with E-state index in [2.05, 4.69) is 17.4 Å². The first-order valence-corrected chi connectivity index (χ1v) is 10.1. The molecule has 2 aliphatic heterocycles. The van der Waals surface area contributed by atoms with E-state index in [0.29, 0.717) is 19.6 Å². The van der Waals surface area contributed by atoms with Crippen LogP contribution in [0.25, 0.3) is 0 Å². The predicted octanol–water partition coefficient (Wildman–Crippen LogP) is 3.72. The number of hydrogen-bond donors (Lipinski definition) is 1. The Hall–Kier alpha value is -2.66. The van der Waals surface area contributed by atoms with Gasteiger partial charge in [0.15, 0.2) is 0 Å². The maximum atomic E-state index is 12.7. The molecule has 0 radical (unpaired) electrons. The highest BCUT2D eigenvalue weighted by Gasteiger charge is 2.32. The molecule has 5 nitrogen and oxygen atoms in total. The highest BCUT2D eigenvalue weighted by atomic mass is 16.5. The molecular weight excluding hydrogens is 352 g/mol. The van der Waals surface area contributed by atoms with Crippen molar-refractivity contribution in [3.05, 3.63) is 59.7 Å². The Balaban J connectivity index is 1.35. The van der Waals surface area contributed by atoms with Gasteiger partial charge in [-0.05, 0) is 55.4 Å². The van der Waals surface area contributed by atoms with E-state index in [1.807, 2.05) is 41.3 Å². The number of benzene rings is 2. The number of fused-ring (bicyclic) bond motifs is 1. The van der Waals surface area contributed by atoms with Crippen LogP contribution in [-0.4, -0.2) is 31.1 Å². The number of ether oxygens (including phenoxy) is 1. The van der Waals surface area contributed by atoms with Crippen LogP contribution in [0.5, 0.6) is 0 Å². The molecule has 1 atom stereocenters. The molecule has 0 aromatic heterocycles. The molecular formula is C23H26N2O3. The second kappa shape index (κ2) is 8.57. The highest BCUT2D eigenvalue weighted by molar-refractivity contribution is 6.00. The van der Waals surface area contributed by atoms with Crippen LogP contribution in [0.2, 0.25) is 0 Å². The molecule has 1 unspecified atom stereocenters. The first kappa shape index (κ1) is 18.7. The summed E-state index contributed by atoms with van der Waals surface area (Å²) in [4.78, 5) is 26.9. The molecule has 146 valence electrons. The van der Waals surface area contributed by atoms with Gasteiger partial charge in [-0.3, -0.25) is 9.59 Å². The van der Waals surface area contributed by atoms with Gasteiger partial charge in [0, 0.05) is 30.9 Å². The molecule has 2 heterocycles. The van der Waals surface area contributed by atoms with Gasteiger partial charge in [-0.1, -0.05) is 36.4 Å². The minimum absolute atomic E-state index is 0.00545. The third-order valence-electron chi connectivity index (χ3n) is 5.45. The molecule has 0 aliphatic carbocycles. The molecule has 2 amide bonds. The summed E-state index contributed by atoms with van der Waals surface area (Å²) in [6.07, 6.45) is 4.44. The third-order valence-corrected chi connectivity index (χ3v) is 5.45. The molecule has 2 aromatic carbocycles. The fraction of sp³-hybridized carbons (Fsp3) is 0.391. The second-order valence-corrected chi connectivity index (χ2v) is 7.47. The van der Waals surface area contributed by atoms with Crippen LogP contribution in [0, 0.1) is 0 Å². The number of rotatable bonds is 6. The molecule has 1 fully saturated rings. The van der Waals surface area contributed by atoms with Crippen molar-refractivity contribution in [2.45, 2.75) is 44.6 Å². The van der Waals surface area contributed by atoms with Gasteiger partial charge in [0.1, 0.15) is 6.10 Å². The zero-order chi connectivity index (χ0) is 19.3. The van der Waals surface area contributed by atoms with Gasteiger partial charge in [0.25, 0.3) is 5.91 Å². The zero-order valence-corrected chi connectivity index (χ0v) is 16.0. The van der Waals surface area contributed by atoms with Crippen molar-refractivity contribution in [3.8, 4) is 0 Å². The quantitative estimate of drug-likeness (QED) is 0.834. The molecule has 2 aromatic rings. The first-order chi connectivity index (χ1) is 13.7. The lowest BCUT2D eigenvalue weighted by Gasteiger charge is -2.21. The summed E-state index contributed by atoms with van der Waals surface area (Å²) in [7, 11) is 0. The molecule has 1 N–H and O–H groups in total. The molecule has 4 rings (SSSR count). The van der Waals surface area contributed by atoms with Crippen molar-refractivity contribution in [1.29, 1.82) is 0 Å². The maximum Gasteiger partial charge on any atom is 0.256 e. The number of carbonyl (C=O) groups is 2. The Morgan fingerprint density at radius 3 is 2.79 bits per heavy atom. The molecule has 0 spiro atoms. The predicted molar refractivity (Wildman–Crippen MR) is 109 cm³/mol. The van der Waals surface area contributed by atoms with Crippen molar-refractivity contribution < 1.29 is 14.3 Å². The number of carbonyl (C=O) groups excluding carboxylic acids is 2. The summed E-state index contributed by atoms with van der Waals surface area (Å²) >= 11 is 0. The fourth-order valence-electron chi connectivity index (χ4n) is 3.95. The van der Waals surface area contributed by atoms with E-state index in [9.17, 15) is 9.59 Å². The average molecular weight is 378 g/mol. The van der Waals surface area contributed by atoms with Gasteiger partial charge in [0.05, 0.1) is 0 Å². The van der Waals surface area contributed by atoms with Crippen LogP contribution in [0.15, 0.2) is 48.5 Å². The Bertz CT molecular complexity index is 844. The second-order valence-electron chi connectivity index (χ2n) is 7.47. The average Bonchev–Trinajstić information content (AvgIpc) is 3.38. The van der Waals surface area contributed by atoms with Crippen LogP contribution in [0.1, 0.15) is 36.8 Å². The highest BCUT2D eigenvalue weighted by Crippen LogP contribution is 2.32. The van der Waals surface area contributed by atoms with Gasteiger partial charge in [-0.15, -0.1) is 0 Å².